The molecule has 0 saturated heterocycles. The van der Waals surface area contributed by atoms with E-state index in [0.717, 1.165) is 11.3 Å². The average Bonchev–Trinajstić information content (AvgIpc) is 3.17. The van der Waals surface area contributed by atoms with E-state index in [2.05, 4.69) is 15.6 Å². The van der Waals surface area contributed by atoms with E-state index in [1.807, 2.05) is 0 Å². The van der Waals surface area contributed by atoms with Gasteiger partial charge in [-0.15, -0.1) is 11.3 Å². The van der Waals surface area contributed by atoms with Crippen molar-refractivity contribution in [2.75, 3.05) is 17.7 Å². The van der Waals surface area contributed by atoms with Gasteiger partial charge in [0.1, 0.15) is 11.4 Å². The highest BCUT2D eigenvalue weighted by molar-refractivity contribution is 7.14. The van der Waals surface area contributed by atoms with E-state index in [4.69, 9.17) is 10.5 Å². The summed E-state index contributed by atoms with van der Waals surface area (Å²) in [6.45, 7) is 0. The van der Waals surface area contributed by atoms with E-state index in [1.165, 1.54) is 17.5 Å². The fraction of sp³-hybridized carbons (Fsp3) is 0.0526. The summed E-state index contributed by atoms with van der Waals surface area (Å²) in [6, 6.07) is 12.8. The van der Waals surface area contributed by atoms with Crippen LogP contribution < -0.4 is 21.1 Å². The van der Waals surface area contributed by atoms with Crippen LogP contribution in [0.3, 0.4) is 0 Å². The van der Waals surface area contributed by atoms with Crippen molar-refractivity contribution in [3.8, 4) is 5.75 Å². The van der Waals surface area contributed by atoms with Gasteiger partial charge in [0.15, 0.2) is 5.13 Å². The number of carbonyl (C=O) groups excluding carboxylic acids is 3. The molecule has 0 saturated carbocycles. The number of anilines is 2. The molecule has 3 amide bonds. The minimum absolute atomic E-state index is 0.161. The molecule has 1 heterocycles. The number of hydrogen-bond donors (Lipinski definition) is 3. The summed E-state index contributed by atoms with van der Waals surface area (Å²) in [5.41, 5.74) is 6.62. The Balaban J connectivity index is 1.63. The Morgan fingerprint density at radius 3 is 2.18 bits per heavy atom. The lowest BCUT2D eigenvalue weighted by Gasteiger charge is -2.04. The largest absolute Gasteiger partial charge is 0.497 e. The molecule has 0 radical (unpaired) electrons. The number of benzene rings is 2. The monoisotopic (exact) mass is 396 g/mol. The Morgan fingerprint density at radius 1 is 0.929 bits per heavy atom. The zero-order valence-corrected chi connectivity index (χ0v) is 15.6. The molecule has 9 heteroatoms. The first-order chi connectivity index (χ1) is 13.5. The summed E-state index contributed by atoms with van der Waals surface area (Å²) in [5, 5.41) is 7.15. The van der Waals surface area contributed by atoms with Gasteiger partial charge < -0.3 is 15.8 Å². The van der Waals surface area contributed by atoms with E-state index in [-0.39, 0.29) is 11.6 Å². The molecule has 1 aromatic heterocycles. The minimum Gasteiger partial charge on any atom is -0.497 e. The van der Waals surface area contributed by atoms with Crippen molar-refractivity contribution in [1.82, 2.24) is 4.98 Å². The number of thiazole rings is 1. The SMILES string of the molecule is COc1ccc(C(=O)Nc2nc(C(=O)Nc3ccc(C(N)=O)cc3)cs2)cc1. The summed E-state index contributed by atoms with van der Waals surface area (Å²) in [7, 11) is 1.54. The molecule has 0 bridgehead atoms. The maximum atomic E-state index is 12.3. The molecular formula is C19H16N4O4S. The molecule has 142 valence electrons. The van der Waals surface area contributed by atoms with Crippen molar-refractivity contribution in [2.24, 2.45) is 5.73 Å². The molecule has 0 unspecified atom stereocenters. The Bertz CT molecular complexity index is 1010. The van der Waals surface area contributed by atoms with Crippen molar-refractivity contribution < 1.29 is 19.1 Å². The van der Waals surface area contributed by atoms with Crippen LogP contribution in [0, 0.1) is 0 Å². The first-order valence-electron chi connectivity index (χ1n) is 8.08. The number of rotatable bonds is 6. The van der Waals surface area contributed by atoms with Crippen molar-refractivity contribution in [1.29, 1.82) is 0 Å². The fourth-order valence-electron chi connectivity index (χ4n) is 2.26. The number of methoxy groups -OCH3 is 1. The number of ether oxygens (including phenoxy) is 1. The third kappa shape index (κ3) is 4.51. The van der Waals surface area contributed by atoms with Crippen molar-refractivity contribution >= 4 is 39.9 Å². The lowest BCUT2D eigenvalue weighted by molar-refractivity contribution is 0.0997. The zero-order valence-electron chi connectivity index (χ0n) is 14.8. The van der Waals surface area contributed by atoms with Crippen LogP contribution in [-0.4, -0.2) is 29.8 Å². The smallest absolute Gasteiger partial charge is 0.275 e. The number of nitrogens with zero attached hydrogens (tertiary/aromatic N) is 1. The van der Waals surface area contributed by atoms with E-state index in [9.17, 15) is 14.4 Å². The van der Waals surface area contributed by atoms with Gasteiger partial charge in [-0.3, -0.25) is 19.7 Å². The van der Waals surface area contributed by atoms with Crippen LogP contribution in [-0.2, 0) is 0 Å². The van der Waals surface area contributed by atoms with Crippen molar-refractivity contribution in [3.05, 3.63) is 70.7 Å². The average molecular weight is 396 g/mol. The van der Waals surface area contributed by atoms with Crippen LogP contribution >= 0.6 is 11.3 Å². The van der Waals surface area contributed by atoms with Gasteiger partial charge in [-0.1, -0.05) is 0 Å². The van der Waals surface area contributed by atoms with Crippen LogP contribution in [0.4, 0.5) is 10.8 Å². The number of hydrogen-bond acceptors (Lipinski definition) is 6. The van der Waals surface area contributed by atoms with E-state index in [1.54, 1.807) is 43.5 Å². The Morgan fingerprint density at radius 2 is 1.57 bits per heavy atom. The number of carbonyl (C=O) groups is 3. The predicted molar refractivity (Wildman–Crippen MR) is 106 cm³/mol. The zero-order chi connectivity index (χ0) is 20.1. The number of aromatic nitrogens is 1. The Labute approximate surface area is 164 Å². The van der Waals surface area contributed by atoms with Crippen LogP contribution in [0.2, 0.25) is 0 Å². The molecular weight excluding hydrogens is 380 g/mol. The molecule has 0 aliphatic heterocycles. The number of primary amides is 1. The number of amides is 3. The van der Waals surface area contributed by atoms with Crippen molar-refractivity contribution in [2.45, 2.75) is 0 Å². The maximum Gasteiger partial charge on any atom is 0.275 e. The summed E-state index contributed by atoms with van der Waals surface area (Å²) >= 11 is 1.14. The van der Waals surface area contributed by atoms with Gasteiger partial charge in [-0.25, -0.2) is 4.98 Å². The standard InChI is InChI=1S/C19H16N4O4S/c1-27-14-8-4-12(5-9-14)17(25)23-19-22-15(10-28-19)18(26)21-13-6-2-11(3-7-13)16(20)24/h2-10H,1H3,(H2,20,24)(H,21,26)(H,22,23,25). The molecule has 4 N–H and O–H groups in total. The maximum absolute atomic E-state index is 12.3. The normalized spacial score (nSPS) is 10.2. The third-order valence-electron chi connectivity index (χ3n) is 3.74. The molecule has 8 nitrogen and oxygen atoms in total. The quantitative estimate of drug-likeness (QED) is 0.591. The van der Waals surface area contributed by atoms with E-state index >= 15 is 0 Å². The van der Waals surface area contributed by atoms with Crippen LogP contribution in [0.25, 0.3) is 0 Å². The third-order valence-corrected chi connectivity index (χ3v) is 4.49. The van der Waals surface area contributed by atoms with Gasteiger partial charge in [0.05, 0.1) is 7.11 Å². The summed E-state index contributed by atoms with van der Waals surface area (Å²) in [5.74, 6) is -0.678. The highest BCUT2D eigenvalue weighted by atomic mass is 32.1. The first-order valence-corrected chi connectivity index (χ1v) is 8.96. The molecule has 0 spiro atoms. The Hall–Kier alpha value is -3.72. The highest BCUT2D eigenvalue weighted by Gasteiger charge is 2.14. The second-order valence-electron chi connectivity index (χ2n) is 5.62. The summed E-state index contributed by atoms with van der Waals surface area (Å²) in [4.78, 5) is 39.7. The molecule has 0 fully saturated rings. The molecule has 0 atom stereocenters. The molecule has 0 aliphatic carbocycles. The topological polar surface area (TPSA) is 123 Å². The van der Waals surface area contributed by atoms with Gasteiger partial charge >= 0.3 is 0 Å². The van der Waals surface area contributed by atoms with Crippen LogP contribution in [0.1, 0.15) is 31.2 Å². The number of nitrogens with two attached hydrogens (primary N) is 1. The second-order valence-corrected chi connectivity index (χ2v) is 6.47. The number of nitrogens with one attached hydrogen (secondary N) is 2. The van der Waals surface area contributed by atoms with Crippen LogP contribution in [0.15, 0.2) is 53.9 Å². The fourth-order valence-corrected chi connectivity index (χ4v) is 2.95. The second kappa shape index (κ2) is 8.31. The minimum atomic E-state index is -0.547. The van der Waals surface area contributed by atoms with Gasteiger partial charge in [0.25, 0.3) is 11.8 Å². The van der Waals surface area contributed by atoms with E-state index in [0.29, 0.717) is 27.7 Å². The molecule has 0 aliphatic rings. The molecule has 28 heavy (non-hydrogen) atoms. The first kappa shape index (κ1) is 19.1. The Kier molecular flexibility index (Phi) is 5.66. The summed E-state index contributed by atoms with van der Waals surface area (Å²) < 4.78 is 5.05. The molecule has 3 rings (SSSR count). The lowest BCUT2D eigenvalue weighted by atomic mass is 10.2. The van der Waals surface area contributed by atoms with Gasteiger partial charge in [0, 0.05) is 22.2 Å². The molecule has 3 aromatic rings. The predicted octanol–water partition coefficient (Wildman–Crippen LogP) is 2.76. The van der Waals surface area contributed by atoms with Crippen molar-refractivity contribution in [3.63, 3.8) is 0 Å². The van der Waals surface area contributed by atoms with E-state index < -0.39 is 11.8 Å². The highest BCUT2D eigenvalue weighted by Crippen LogP contribution is 2.19. The summed E-state index contributed by atoms with van der Waals surface area (Å²) in [6.07, 6.45) is 0. The van der Waals surface area contributed by atoms with Gasteiger partial charge in [0.2, 0.25) is 5.91 Å². The lowest BCUT2D eigenvalue weighted by Crippen LogP contribution is -2.15. The molecule has 2 aromatic carbocycles. The van der Waals surface area contributed by atoms with Crippen LogP contribution in [0.5, 0.6) is 5.75 Å². The van der Waals surface area contributed by atoms with Gasteiger partial charge in [-0.2, -0.15) is 0 Å². The van der Waals surface area contributed by atoms with Gasteiger partial charge in [-0.05, 0) is 48.5 Å².